The molecule has 0 saturated heterocycles. The lowest BCUT2D eigenvalue weighted by Gasteiger charge is -2.05. The molecule has 0 atom stereocenters. The van der Waals surface area contributed by atoms with Crippen LogP contribution in [0, 0.1) is 0 Å². The van der Waals surface area contributed by atoms with Crippen LogP contribution in [0.25, 0.3) is 0 Å². The maximum atomic E-state index is 5.51. The molecule has 0 aromatic rings. The molecule has 0 amide bonds. The van der Waals surface area contributed by atoms with Crippen LogP contribution in [-0.4, -0.2) is 24.4 Å². The molecule has 0 bridgehead atoms. The Labute approximate surface area is 165 Å². The van der Waals surface area contributed by atoms with Gasteiger partial charge in [-0.05, 0) is 36.5 Å². The Bertz CT molecular complexity index is 244. The first kappa shape index (κ1) is 24.4. The Morgan fingerprint density at radius 2 is 1.21 bits per heavy atom. The van der Waals surface area contributed by atoms with Crippen molar-refractivity contribution in [3.63, 3.8) is 0 Å². The monoisotopic (exact) mass is 452 g/mol. The molecular formula is C21H41IO2. The van der Waals surface area contributed by atoms with Gasteiger partial charge in [0.2, 0.25) is 0 Å². The van der Waals surface area contributed by atoms with E-state index in [4.69, 9.17) is 9.47 Å². The first-order chi connectivity index (χ1) is 11.9. The van der Waals surface area contributed by atoms with Crippen LogP contribution in [-0.2, 0) is 9.47 Å². The van der Waals surface area contributed by atoms with Crippen molar-refractivity contribution < 1.29 is 9.47 Å². The summed E-state index contributed by atoms with van der Waals surface area (Å²) < 4.78 is 12.3. The van der Waals surface area contributed by atoms with Crippen molar-refractivity contribution in [1.29, 1.82) is 0 Å². The Morgan fingerprint density at radius 1 is 0.625 bits per heavy atom. The van der Waals surface area contributed by atoms with E-state index < -0.39 is 0 Å². The van der Waals surface area contributed by atoms with Crippen molar-refractivity contribution in [2.24, 2.45) is 0 Å². The van der Waals surface area contributed by atoms with Gasteiger partial charge in [-0.15, -0.1) is 0 Å². The van der Waals surface area contributed by atoms with Crippen molar-refractivity contribution in [2.45, 2.75) is 96.8 Å². The number of halogens is 1. The normalized spacial score (nSPS) is 11.6. The fraction of sp³-hybridized carbons (Fsp3) is 0.905. The Hall–Kier alpha value is 0.390. The Morgan fingerprint density at radius 3 is 1.96 bits per heavy atom. The molecule has 0 rings (SSSR count). The first-order valence-electron chi connectivity index (χ1n) is 10.3. The van der Waals surface area contributed by atoms with Crippen LogP contribution in [0.5, 0.6) is 0 Å². The molecule has 0 saturated carbocycles. The molecule has 0 fully saturated rings. The average Bonchev–Trinajstić information content (AvgIpc) is 2.60. The number of allylic oxidation sites excluding steroid dienone is 1. The third kappa shape index (κ3) is 22.4. The van der Waals surface area contributed by atoms with Crippen LogP contribution in [0.2, 0.25) is 0 Å². The van der Waals surface area contributed by atoms with Crippen LogP contribution in [0.3, 0.4) is 0 Å². The van der Waals surface area contributed by atoms with Crippen LogP contribution < -0.4 is 0 Å². The second-order valence-electron chi connectivity index (χ2n) is 6.56. The highest BCUT2D eigenvalue weighted by molar-refractivity contribution is 14.1. The highest BCUT2D eigenvalue weighted by atomic mass is 127. The van der Waals surface area contributed by atoms with Gasteiger partial charge < -0.3 is 9.47 Å². The van der Waals surface area contributed by atoms with Crippen LogP contribution >= 0.6 is 22.6 Å². The maximum absolute atomic E-state index is 5.51. The van der Waals surface area contributed by atoms with Gasteiger partial charge in [0.1, 0.15) is 6.79 Å². The van der Waals surface area contributed by atoms with Gasteiger partial charge in [-0.1, -0.05) is 99.5 Å². The van der Waals surface area contributed by atoms with Gasteiger partial charge in [0.25, 0.3) is 0 Å². The maximum Gasteiger partial charge on any atom is 0.146 e. The molecule has 0 aliphatic heterocycles. The summed E-state index contributed by atoms with van der Waals surface area (Å²) in [6.45, 7) is 4.36. The summed E-state index contributed by atoms with van der Waals surface area (Å²) in [4.78, 5) is 0. The number of unbranched alkanes of at least 4 members (excludes halogenated alkanes) is 11. The molecule has 0 spiro atoms. The van der Waals surface area contributed by atoms with Crippen molar-refractivity contribution in [2.75, 3.05) is 24.4 Å². The summed E-state index contributed by atoms with van der Waals surface area (Å²) >= 11 is 2.46. The molecule has 0 aromatic heterocycles. The molecular weight excluding hydrogens is 411 g/mol. The summed E-state index contributed by atoms with van der Waals surface area (Å²) in [5, 5.41) is 0. The van der Waals surface area contributed by atoms with Gasteiger partial charge in [0.15, 0.2) is 0 Å². The standard InChI is InChI=1S/C21H41IO2/c1-2-3-4-5-6-10-13-16-19-23-21-24-20-17-14-11-8-7-9-12-15-18-22/h11,14H,2-10,12-13,15-21H2,1H3. The summed E-state index contributed by atoms with van der Waals surface area (Å²) in [5.41, 5.74) is 0. The van der Waals surface area contributed by atoms with E-state index in [1.54, 1.807) is 0 Å². The van der Waals surface area contributed by atoms with Gasteiger partial charge in [-0.25, -0.2) is 0 Å². The van der Waals surface area contributed by atoms with E-state index in [2.05, 4.69) is 41.7 Å². The molecule has 2 nitrogen and oxygen atoms in total. The van der Waals surface area contributed by atoms with E-state index in [0.29, 0.717) is 6.79 Å². The molecule has 0 unspecified atom stereocenters. The lowest BCUT2D eigenvalue weighted by Crippen LogP contribution is -2.02. The zero-order valence-electron chi connectivity index (χ0n) is 16.1. The van der Waals surface area contributed by atoms with Gasteiger partial charge in [0.05, 0.1) is 6.61 Å². The minimum atomic E-state index is 0.459. The predicted octanol–water partition coefficient (Wildman–Crippen LogP) is 7.45. The van der Waals surface area contributed by atoms with Gasteiger partial charge in [-0.2, -0.15) is 0 Å². The van der Waals surface area contributed by atoms with Crippen molar-refractivity contribution >= 4 is 22.6 Å². The number of alkyl halides is 1. The molecule has 144 valence electrons. The average molecular weight is 452 g/mol. The topological polar surface area (TPSA) is 18.5 Å². The highest BCUT2D eigenvalue weighted by Gasteiger charge is 1.93. The fourth-order valence-corrected chi connectivity index (χ4v) is 3.15. The summed E-state index contributed by atoms with van der Waals surface area (Å²) in [6.07, 6.45) is 23.0. The second-order valence-corrected chi connectivity index (χ2v) is 7.64. The van der Waals surface area contributed by atoms with E-state index in [1.807, 2.05) is 0 Å². The lowest BCUT2D eigenvalue weighted by atomic mass is 10.1. The number of rotatable bonds is 20. The van der Waals surface area contributed by atoms with E-state index in [-0.39, 0.29) is 0 Å². The quantitative estimate of drug-likeness (QED) is 0.0628. The zero-order chi connectivity index (χ0) is 17.6. The van der Waals surface area contributed by atoms with Crippen molar-refractivity contribution in [3.8, 4) is 0 Å². The largest absolute Gasteiger partial charge is 0.355 e. The molecule has 0 aliphatic rings. The van der Waals surface area contributed by atoms with E-state index in [0.717, 1.165) is 19.6 Å². The minimum absolute atomic E-state index is 0.459. The first-order valence-corrected chi connectivity index (χ1v) is 11.8. The van der Waals surface area contributed by atoms with Gasteiger partial charge >= 0.3 is 0 Å². The molecule has 0 aromatic carbocycles. The number of ether oxygens (including phenoxy) is 2. The Kier molecular flexibility index (Phi) is 23.8. The third-order valence-corrected chi connectivity index (χ3v) is 4.92. The molecule has 0 aliphatic carbocycles. The van der Waals surface area contributed by atoms with Crippen molar-refractivity contribution in [3.05, 3.63) is 12.2 Å². The van der Waals surface area contributed by atoms with E-state index in [1.165, 1.54) is 87.9 Å². The minimum Gasteiger partial charge on any atom is -0.355 e. The van der Waals surface area contributed by atoms with Crippen LogP contribution in [0.1, 0.15) is 96.8 Å². The zero-order valence-corrected chi connectivity index (χ0v) is 18.2. The van der Waals surface area contributed by atoms with Crippen LogP contribution in [0.15, 0.2) is 12.2 Å². The van der Waals surface area contributed by atoms with E-state index >= 15 is 0 Å². The second kappa shape index (κ2) is 23.4. The molecule has 24 heavy (non-hydrogen) atoms. The predicted molar refractivity (Wildman–Crippen MR) is 115 cm³/mol. The lowest BCUT2D eigenvalue weighted by molar-refractivity contribution is -0.0531. The van der Waals surface area contributed by atoms with Gasteiger partial charge in [0, 0.05) is 6.61 Å². The van der Waals surface area contributed by atoms with Gasteiger partial charge in [-0.3, -0.25) is 0 Å². The summed E-state index contributed by atoms with van der Waals surface area (Å²) in [7, 11) is 0. The Balaban J connectivity index is 3.02. The van der Waals surface area contributed by atoms with Crippen LogP contribution in [0.4, 0.5) is 0 Å². The molecule has 0 N–H and O–H groups in total. The summed E-state index contributed by atoms with van der Waals surface area (Å²) in [6, 6.07) is 0. The molecule has 0 radical (unpaired) electrons. The highest BCUT2D eigenvalue weighted by Crippen LogP contribution is 2.08. The van der Waals surface area contributed by atoms with Crippen molar-refractivity contribution in [1.82, 2.24) is 0 Å². The third-order valence-electron chi connectivity index (χ3n) is 4.16. The number of hydrogen-bond acceptors (Lipinski definition) is 2. The molecule has 0 heterocycles. The molecule has 3 heteroatoms. The summed E-state index contributed by atoms with van der Waals surface area (Å²) in [5.74, 6) is 0. The SMILES string of the molecule is CCCCCCCCCCOCOCCC=CCCCCCCI. The number of hydrogen-bond donors (Lipinski definition) is 0. The smallest absolute Gasteiger partial charge is 0.146 e. The van der Waals surface area contributed by atoms with E-state index in [9.17, 15) is 0 Å². The fourth-order valence-electron chi connectivity index (χ4n) is 2.61.